The molecule has 106 valence electrons. The number of thioether (sulfide) groups is 1. The van der Waals surface area contributed by atoms with Gasteiger partial charge in [-0.2, -0.15) is 0 Å². The highest BCUT2D eigenvalue weighted by molar-refractivity contribution is 7.99. The number of rotatable bonds is 5. The van der Waals surface area contributed by atoms with E-state index in [-0.39, 0.29) is 5.54 Å². The van der Waals surface area contributed by atoms with Crippen molar-refractivity contribution >= 4 is 11.8 Å². The average molecular weight is 278 g/mol. The SMILES string of the molecule is CCC1CN(CCSc2ccccc2)C(C)(C)CN1. The lowest BCUT2D eigenvalue weighted by Gasteiger charge is -2.46. The first-order chi connectivity index (χ1) is 9.12. The van der Waals surface area contributed by atoms with Crippen molar-refractivity contribution in [2.45, 2.75) is 43.7 Å². The summed E-state index contributed by atoms with van der Waals surface area (Å²) < 4.78 is 0. The Balaban J connectivity index is 1.83. The summed E-state index contributed by atoms with van der Waals surface area (Å²) in [5.74, 6) is 1.17. The standard InChI is InChI=1S/C16H26N2S/c1-4-14-12-18(16(2,3)13-17-14)10-11-19-15-8-6-5-7-9-15/h5-9,14,17H,4,10-13H2,1-3H3. The average Bonchev–Trinajstić information content (AvgIpc) is 2.42. The van der Waals surface area contributed by atoms with E-state index in [0.29, 0.717) is 6.04 Å². The molecule has 0 aromatic heterocycles. The van der Waals surface area contributed by atoms with Crippen LogP contribution < -0.4 is 5.32 Å². The maximum absolute atomic E-state index is 3.65. The molecule has 1 unspecified atom stereocenters. The zero-order valence-electron chi connectivity index (χ0n) is 12.4. The van der Waals surface area contributed by atoms with Crippen molar-refractivity contribution in [3.05, 3.63) is 30.3 Å². The van der Waals surface area contributed by atoms with Crippen LogP contribution in [-0.2, 0) is 0 Å². The number of hydrogen-bond acceptors (Lipinski definition) is 3. The van der Waals surface area contributed by atoms with Gasteiger partial charge < -0.3 is 5.32 Å². The smallest absolute Gasteiger partial charge is 0.0278 e. The minimum atomic E-state index is 0.281. The molecule has 0 saturated carbocycles. The summed E-state index contributed by atoms with van der Waals surface area (Å²) in [6.45, 7) is 10.4. The molecule has 1 aliphatic rings. The van der Waals surface area contributed by atoms with Crippen LogP contribution in [0, 0.1) is 0 Å². The molecule has 1 fully saturated rings. The molecule has 1 atom stereocenters. The van der Waals surface area contributed by atoms with Gasteiger partial charge >= 0.3 is 0 Å². The Kier molecular flexibility index (Phi) is 5.31. The van der Waals surface area contributed by atoms with Gasteiger partial charge in [0.25, 0.3) is 0 Å². The number of benzene rings is 1. The van der Waals surface area contributed by atoms with Crippen LogP contribution in [-0.4, -0.2) is 41.9 Å². The molecule has 0 amide bonds. The highest BCUT2D eigenvalue weighted by Crippen LogP contribution is 2.22. The van der Waals surface area contributed by atoms with Gasteiger partial charge in [-0.15, -0.1) is 11.8 Å². The summed E-state index contributed by atoms with van der Waals surface area (Å²) >= 11 is 1.96. The van der Waals surface area contributed by atoms with Gasteiger partial charge in [0.05, 0.1) is 0 Å². The Hall–Kier alpha value is -0.510. The van der Waals surface area contributed by atoms with Gasteiger partial charge in [0, 0.05) is 41.9 Å². The lowest BCUT2D eigenvalue weighted by atomic mass is 9.97. The normalized spacial score (nSPS) is 23.4. The Morgan fingerprint density at radius 3 is 2.74 bits per heavy atom. The number of piperazine rings is 1. The molecule has 1 aromatic rings. The summed E-state index contributed by atoms with van der Waals surface area (Å²) in [4.78, 5) is 4.02. The molecular formula is C16H26N2S. The molecule has 1 N–H and O–H groups in total. The van der Waals surface area contributed by atoms with E-state index in [2.05, 4.69) is 61.3 Å². The van der Waals surface area contributed by atoms with Crippen molar-refractivity contribution in [3.8, 4) is 0 Å². The Morgan fingerprint density at radius 1 is 1.32 bits per heavy atom. The van der Waals surface area contributed by atoms with Crippen LogP contribution >= 0.6 is 11.8 Å². The van der Waals surface area contributed by atoms with Gasteiger partial charge in [-0.3, -0.25) is 4.90 Å². The lowest BCUT2D eigenvalue weighted by molar-refractivity contribution is 0.0721. The van der Waals surface area contributed by atoms with E-state index in [4.69, 9.17) is 0 Å². The molecule has 0 spiro atoms. The molecule has 1 aromatic carbocycles. The second-order valence-electron chi connectivity index (χ2n) is 5.91. The number of nitrogens with one attached hydrogen (secondary N) is 1. The van der Waals surface area contributed by atoms with E-state index in [9.17, 15) is 0 Å². The maximum Gasteiger partial charge on any atom is 0.0278 e. The summed E-state index contributed by atoms with van der Waals surface area (Å²) in [5, 5.41) is 3.65. The van der Waals surface area contributed by atoms with E-state index in [1.165, 1.54) is 30.2 Å². The highest BCUT2D eigenvalue weighted by Gasteiger charge is 2.32. The van der Waals surface area contributed by atoms with Gasteiger partial charge in [0.15, 0.2) is 0 Å². The Morgan fingerprint density at radius 2 is 2.05 bits per heavy atom. The van der Waals surface area contributed by atoms with Gasteiger partial charge in [-0.05, 0) is 32.4 Å². The topological polar surface area (TPSA) is 15.3 Å². The molecule has 0 radical (unpaired) electrons. The third kappa shape index (κ3) is 4.23. The van der Waals surface area contributed by atoms with Crippen LogP contribution in [0.25, 0.3) is 0 Å². The van der Waals surface area contributed by atoms with Crippen LogP contribution in [0.3, 0.4) is 0 Å². The Labute approximate surface area is 122 Å². The molecule has 1 aliphatic heterocycles. The minimum Gasteiger partial charge on any atom is -0.311 e. The molecule has 19 heavy (non-hydrogen) atoms. The van der Waals surface area contributed by atoms with Crippen LogP contribution in [0.15, 0.2) is 35.2 Å². The first-order valence-corrected chi connectivity index (χ1v) is 8.26. The van der Waals surface area contributed by atoms with E-state index in [1.807, 2.05) is 11.8 Å². The van der Waals surface area contributed by atoms with Gasteiger partial charge in [0.1, 0.15) is 0 Å². The molecule has 1 heterocycles. The van der Waals surface area contributed by atoms with E-state index < -0.39 is 0 Å². The van der Waals surface area contributed by atoms with Crippen molar-refractivity contribution in [2.75, 3.05) is 25.4 Å². The van der Waals surface area contributed by atoms with Gasteiger partial charge in [-0.1, -0.05) is 25.1 Å². The van der Waals surface area contributed by atoms with Crippen molar-refractivity contribution in [3.63, 3.8) is 0 Å². The highest BCUT2D eigenvalue weighted by atomic mass is 32.2. The molecule has 2 nitrogen and oxygen atoms in total. The largest absolute Gasteiger partial charge is 0.311 e. The molecular weight excluding hydrogens is 252 g/mol. The summed E-state index contributed by atoms with van der Waals surface area (Å²) in [6.07, 6.45) is 1.22. The van der Waals surface area contributed by atoms with Gasteiger partial charge in [0.2, 0.25) is 0 Å². The van der Waals surface area contributed by atoms with Crippen molar-refractivity contribution in [2.24, 2.45) is 0 Å². The van der Waals surface area contributed by atoms with E-state index >= 15 is 0 Å². The maximum atomic E-state index is 3.65. The number of hydrogen-bond donors (Lipinski definition) is 1. The molecule has 1 saturated heterocycles. The molecule has 2 rings (SSSR count). The summed E-state index contributed by atoms with van der Waals surface area (Å²) in [6, 6.07) is 11.4. The predicted octanol–water partition coefficient (Wildman–Crippen LogP) is 3.24. The summed E-state index contributed by atoms with van der Waals surface area (Å²) in [7, 11) is 0. The van der Waals surface area contributed by atoms with Gasteiger partial charge in [-0.25, -0.2) is 0 Å². The van der Waals surface area contributed by atoms with E-state index in [0.717, 1.165) is 6.54 Å². The predicted molar refractivity (Wildman–Crippen MR) is 84.9 cm³/mol. The second kappa shape index (κ2) is 6.78. The summed E-state index contributed by atoms with van der Waals surface area (Å²) in [5.41, 5.74) is 0.281. The van der Waals surface area contributed by atoms with Crippen LogP contribution in [0.4, 0.5) is 0 Å². The monoisotopic (exact) mass is 278 g/mol. The van der Waals surface area contributed by atoms with E-state index in [1.54, 1.807) is 0 Å². The quantitative estimate of drug-likeness (QED) is 0.832. The molecule has 0 aliphatic carbocycles. The fourth-order valence-corrected chi connectivity index (χ4v) is 3.44. The Bertz CT molecular complexity index is 378. The fraction of sp³-hybridized carbons (Fsp3) is 0.625. The van der Waals surface area contributed by atoms with Crippen molar-refractivity contribution in [1.29, 1.82) is 0 Å². The van der Waals surface area contributed by atoms with Crippen LogP contribution in [0.2, 0.25) is 0 Å². The second-order valence-corrected chi connectivity index (χ2v) is 7.07. The third-order valence-electron chi connectivity index (χ3n) is 3.99. The minimum absolute atomic E-state index is 0.281. The van der Waals surface area contributed by atoms with Crippen LogP contribution in [0.5, 0.6) is 0 Å². The fourth-order valence-electron chi connectivity index (χ4n) is 2.54. The van der Waals surface area contributed by atoms with Crippen molar-refractivity contribution < 1.29 is 0 Å². The first-order valence-electron chi connectivity index (χ1n) is 7.28. The van der Waals surface area contributed by atoms with Crippen molar-refractivity contribution in [1.82, 2.24) is 10.2 Å². The lowest BCUT2D eigenvalue weighted by Crippen LogP contribution is -2.62. The zero-order chi connectivity index (χ0) is 13.7. The zero-order valence-corrected chi connectivity index (χ0v) is 13.2. The molecule has 0 bridgehead atoms. The van der Waals surface area contributed by atoms with Crippen LogP contribution in [0.1, 0.15) is 27.2 Å². The molecule has 3 heteroatoms. The third-order valence-corrected chi connectivity index (χ3v) is 4.98. The first kappa shape index (κ1) is 14.9. The number of nitrogens with zero attached hydrogens (tertiary/aromatic N) is 1.